The van der Waals surface area contributed by atoms with Gasteiger partial charge in [0.2, 0.25) is 0 Å². The summed E-state index contributed by atoms with van der Waals surface area (Å²) < 4.78 is 35.4. The van der Waals surface area contributed by atoms with Gasteiger partial charge in [-0.1, -0.05) is 15.9 Å². The van der Waals surface area contributed by atoms with Crippen LogP contribution in [-0.4, -0.2) is 9.78 Å². The van der Waals surface area contributed by atoms with Crippen LogP contribution < -0.4 is 0 Å². The maximum absolute atomic E-state index is 11.8. The number of halogens is 4. The molecule has 0 saturated carbocycles. The van der Waals surface area contributed by atoms with Gasteiger partial charge in [0.05, 0.1) is 5.69 Å². The van der Waals surface area contributed by atoms with Crippen LogP contribution in [0.3, 0.4) is 0 Å². The molecular formula is C5H4BrF3N2. The summed E-state index contributed by atoms with van der Waals surface area (Å²) in [6.45, 7) is 0. The summed E-state index contributed by atoms with van der Waals surface area (Å²) in [5.41, 5.74) is 0.363. The largest absolute Gasteiger partial charge is 0.504 e. The summed E-state index contributed by atoms with van der Waals surface area (Å²) in [5.74, 6) is 0. The molecule has 0 amide bonds. The predicted octanol–water partition coefficient (Wildman–Crippen LogP) is 2.25. The van der Waals surface area contributed by atoms with E-state index >= 15 is 0 Å². The van der Waals surface area contributed by atoms with Crippen molar-refractivity contribution in [3.8, 4) is 0 Å². The maximum atomic E-state index is 11.8. The number of hydrogen-bond acceptors (Lipinski definition) is 1. The van der Waals surface area contributed by atoms with E-state index in [0.29, 0.717) is 11.0 Å². The lowest BCUT2D eigenvalue weighted by Gasteiger charge is -2.03. The Morgan fingerprint density at radius 1 is 1.55 bits per heavy atom. The van der Waals surface area contributed by atoms with Crippen LogP contribution in [0.5, 0.6) is 0 Å². The first kappa shape index (κ1) is 8.58. The molecule has 1 aromatic heterocycles. The van der Waals surface area contributed by atoms with Gasteiger partial charge in [0.1, 0.15) is 0 Å². The monoisotopic (exact) mass is 228 g/mol. The second kappa shape index (κ2) is 2.84. The molecule has 1 rings (SSSR count). The van der Waals surface area contributed by atoms with Crippen molar-refractivity contribution in [3.05, 3.63) is 18.0 Å². The quantitative estimate of drug-likeness (QED) is 0.675. The second-order valence-corrected chi connectivity index (χ2v) is 2.41. The predicted molar refractivity (Wildman–Crippen MR) is 36.2 cm³/mol. The highest BCUT2D eigenvalue weighted by atomic mass is 79.9. The van der Waals surface area contributed by atoms with Crippen molar-refractivity contribution in [2.24, 2.45) is 0 Å². The molecule has 1 aromatic rings. The summed E-state index contributed by atoms with van der Waals surface area (Å²) in [7, 11) is 0. The van der Waals surface area contributed by atoms with Gasteiger partial charge >= 0.3 is 6.30 Å². The van der Waals surface area contributed by atoms with E-state index < -0.39 is 6.30 Å². The Morgan fingerprint density at radius 3 is 2.45 bits per heavy atom. The average Bonchev–Trinajstić information content (AvgIpc) is 2.32. The Kier molecular flexibility index (Phi) is 2.22. The number of rotatable bonds is 1. The van der Waals surface area contributed by atoms with Gasteiger partial charge in [-0.2, -0.15) is 9.78 Å². The Morgan fingerprint density at radius 2 is 2.18 bits per heavy atom. The molecule has 0 fully saturated rings. The highest BCUT2D eigenvalue weighted by Gasteiger charge is 2.31. The van der Waals surface area contributed by atoms with Gasteiger partial charge in [-0.05, 0) is 6.07 Å². The summed E-state index contributed by atoms with van der Waals surface area (Å²) in [5, 5.41) is 3.57. The third-order valence-corrected chi connectivity index (χ3v) is 1.62. The highest BCUT2D eigenvalue weighted by Crippen LogP contribution is 2.21. The number of aromatic nitrogens is 2. The van der Waals surface area contributed by atoms with Gasteiger partial charge in [0, 0.05) is 11.5 Å². The lowest BCUT2D eigenvalue weighted by atomic mass is 10.5. The molecule has 0 N–H and O–H groups in total. The van der Waals surface area contributed by atoms with E-state index in [2.05, 4.69) is 21.0 Å². The molecule has 0 spiro atoms. The van der Waals surface area contributed by atoms with Crippen molar-refractivity contribution in [2.75, 3.05) is 0 Å². The average molecular weight is 229 g/mol. The Balaban J connectivity index is 2.89. The van der Waals surface area contributed by atoms with E-state index in [0.717, 1.165) is 6.20 Å². The fraction of sp³-hybridized carbons (Fsp3) is 0.400. The molecule has 0 radical (unpaired) electrons. The molecule has 0 aromatic carbocycles. The van der Waals surface area contributed by atoms with Crippen LogP contribution in [0.1, 0.15) is 5.69 Å². The molecule has 0 aliphatic carbocycles. The number of alkyl halides is 4. The van der Waals surface area contributed by atoms with Gasteiger partial charge in [-0.15, -0.1) is 13.2 Å². The van der Waals surface area contributed by atoms with Crippen molar-refractivity contribution in [1.29, 1.82) is 0 Å². The maximum Gasteiger partial charge on any atom is 0.504 e. The normalized spacial score (nSPS) is 12.0. The Labute approximate surface area is 69.1 Å². The van der Waals surface area contributed by atoms with E-state index in [-0.39, 0.29) is 4.68 Å². The van der Waals surface area contributed by atoms with Crippen LogP contribution in [0, 0.1) is 0 Å². The smallest absolute Gasteiger partial charge is 0.179 e. The van der Waals surface area contributed by atoms with Crippen LogP contribution in [0.25, 0.3) is 0 Å². The van der Waals surface area contributed by atoms with E-state index in [1.807, 2.05) is 0 Å². The fourth-order valence-corrected chi connectivity index (χ4v) is 0.873. The van der Waals surface area contributed by atoms with E-state index in [4.69, 9.17) is 0 Å². The molecule has 0 atom stereocenters. The van der Waals surface area contributed by atoms with Crippen LogP contribution in [-0.2, 0) is 11.6 Å². The molecule has 0 aliphatic heterocycles. The Hall–Kier alpha value is -0.520. The van der Waals surface area contributed by atoms with E-state index in [9.17, 15) is 13.2 Å². The van der Waals surface area contributed by atoms with Crippen molar-refractivity contribution in [1.82, 2.24) is 9.78 Å². The molecule has 0 saturated heterocycles. The van der Waals surface area contributed by atoms with Crippen molar-refractivity contribution in [3.63, 3.8) is 0 Å². The zero-order valence-corrected chi connectivity index (χ0v) is 6.85. The molecule has 6 heteroatoms. The third kappa shape index (κ3) is 1.95. The summed E-state index contributed by atoms with van der Waals surface area (Å²) in [4.78, 5) is 0. The van der Waals surface area contributed by atoms with E-state index in [1.165, 1.54) is 6.07 Å². The minimum absolute atomic E-state index is 0.0242. The first-order valence-electron chi connectivity index (χ1n) is 2.72. The van der Waals surface area contributed by atoms with Crippen molar-refractivity contribution < 1.29 is 13.2 Å². The van der Waals surface area contributed by atoms with Crippen molar-refractivity contribution in [2.45, 2.75) is 11.6 Å². The van der Waals surface area contributed by atoms with Gasteiger partial charge < -0.3 is 0 Å². The molecule has 0 unspecified atom stereocenters. The summed E-state index contributed by atoms with van der Waals surface area (Å²) in [6, 6.07) is 1.31. The molecular weight excluding hydrogens is 225 g/mol. The lowest BCUT2D eigenvalue weighted by Crippen LogP contribution is -2.17. The molecule has 2 nitrogen and oxygen atoms in total. The minimum Gasteiger partial charge on any atom is -0.179 e. The summed E-state index contributed by atoms with van der Waals surface area (Å²) >= 11 is 2.99. The van der Waals surface area contributed by atoms with Crippen LogP contribution in [0.15, 0.2) is 12.3 Å². The second-order valence-electron chi connectivity index (χ2n) is 1.85. The number of hydrogen-bond donors (Lipinski definition) is 0. The van der Waals surface area contributed by atoms with Crippen LogP contribution in [0.4, 0.5) is 13.2 Å². The molecule has 62 valence electrons. The molecule has 1 heterocycles. The lowest BCUT2D eigenvalue weighted by molar-refractivity contribution is -0.212. The standard InChI is InChI=1S/C5H4BrF3N2/c6-3-4-1-2-11(10-4)5(7,8)9/h1-2H,3H2. The zero-order chi connectivity index (χ0) is 8.48. The third-order valence-electron chi connectivity index (χ3n) is 1.04. The van der Waals surface area contributed by atoms with E-state index in [1.54, 1.807) is 0 Å². The highest BCUT2D eigenvalue weighted by molar-refractivity contribution is 9.08. The molecule has 0 aliphatic rings. The first-order valence-corrected chi connectivity index (χ1v) is 3.84. The van der Waals surface area contributed by atoms with Gasteiger partial charge in [-0.3, -0.25) is 0 Å². The first-order chi connectivity index (χ1) is 5.04. The van der Waals surface area contributed by atoms with Gasteiger partial charge in [0.15, 0.2) is 0 Å². The van der Waals surface area contributed by atoms with Crippen LogP contribution in [0.2, 0.25) is 0 Å². The fourth-order valence-electron chi connectivity index (χ4n) is 0.574. The zero-order valence-electron chi connectivity index (χ0n) is 5.27. The SMILES string of the molecule is FC(F)(F)n1ccc(CBr)n1. The van der Waals surface area contributed by atoms with Gasteiger partial charge in [0.25, 0.3) is 0 Å². The Bertz CT molecular complexity index is 242. The van der Waals surface area contributed by atoms with Gasteiger partial charge in [-0.25, -0.2) is 0 Å². The summed E-state index contributed by atoms with van der Waals surface area (Å²) in [6.07, 6.45) is -3.52. The molecule has 0 bridgehead atoms. The topological polar surface area (TPSA) is 17.8 Å². The molecule has 11 heavy (non-hydrogen) atoms. The van der Waals surface area contributed by atoms with Crippen molar-refractivity contribution >= 4 is 15.9 Å². The minimum atomic E-state index is -4.40. The van der Waals surface area contributed by atoms with Crippen LogP contribution >= 0.6 is 15.9 Å². The number of nitrogens with zero attached hydrogens (tertiary/aromatic N) is 2.